The van der Waals surface area contributed by atoms with E-state index >= 15 is 0 Å². The van der Waals surface area contributed by atoms with Crippen molar-refractivity contribution < 1.29 is 9.84 Å². The molecule has 4 heteroatoms. The molecule has 1 aromatic rings. The van der Waals surface area contributed by atoms with Gasteiger partial charge < -0.3 is 15.2 Å². The summed E-state index contributed by atoms with van der Waals surface area (Å²) in [4.78, 5) is 0. The lowest BCUT2D eigenvalue weighted by atomic mass is 10.0. The van der Waals surface area contributed by atoms with Gasteiger partial charge in [0.1, 0.15) is 11.5 Å². The summed E-state index contributed by atoms with van der Waals surface area (Å²) in [6, 6.07) is 3.91. The van der Waals surface area contributed by atoms with Gasteiger partial charge in [-0.15, -0.1) is 0 Å². The molecule has 1 saturated heterocycles. The molecule has 0 bridgehead atoms. The predicted molar refractivity (Wildman–Crippen MR) is 62.3 cm³/mol. The van der Waals surface area contributed by atoms with Gasteiger partial charge in [0.05, 0.1) is 11.6 Å². The summed E-state index contributed by atoms with van der Waals surface area (Å²) in [5, 5.41) is 13.3. The van der Waals surface area contributed by atoms with Crippen molar-refractivity contribution in [2.24, 2.45) is 0 Å². The molecule has 0 aliphatic carbocycles. The zero-order valence-corrected chi connectivity index (χ0v) is 10.2. The van der Waals surface area contributed by atoms with Crippen molar-refractivity contribution in [1.29, 1.82) is 0 Å². The monoisotopic (exact) mass is 271 g/mol. The summed E-state index contributed by atoms with van der Waals surface area (Å²) >= 11 is 3.33. The maximum Gasteiger partial charge on any atom is 0.134 e. The Morgan fingerprint density at radius 1 is 1.53 bits per heavy atom. The summed E-state index contributed by atoms with van der Waals surface area (Å²) < 4.78 is 5.87. The summed E-state index contributed by atoms with van der Waals surface area (Å²) in [5.74, 6) is 1.08. The second kappa shape index (κ2) is 4.41. The van der Waals surface area contributed by atoms with Gasteiger partial charge in [-0.05, 0) is 47.4 Å². The number of methoxy groups -OCH3 is 1. The third-order valence-electron chi connectivity index (χ3n) is 2.74. The Bertz CT molecular complexity index is 362. The Balaban J connectivity index is 2.39. The van der Waals surface area contributed by atoms with Crippen LogP contribution >= 0.6 is 15.9 Å². The van der Waals surface area contributed by atoms with Crippen molar-refractivity contribution in [2.75, 3.05) is 13.7 Å². The average molecular weight is 272 g/mol. The Morgan fingerprint density at radius 2 is 2.33 bits per heavy atom. The fourth-order valence-electron chi connectivity index (χ4n) is 1.93. The van der Waals surface area contributed by atoms with E-state index in [1.807, 2.05) is 6.07 Å². The standard InChI is InChI=1S/C11H14BrNO2/c1-15-7-5-8(10-3-2-4-13-10)11(14)9(12)6-7/h5-6,10,13-14H,2-4H2,1H3. The second-order valence-electron chi connectivity index (χ2n) is 3.70. The van der Waals surface area contributed by atoms with E-state index in [4.69, 9.17) is 4.74 Å². The SMILES string of the molecule is COc1cc(Br)c(O)c(C2CCCN2)c1. The van der Waals surface area contributed by atoms with Gasteiger partial charge in [0.25, 0.3) is 0 Å². The fourth-order valence-corrected chi connectivity index (χ4v) is 2.38. The van der Waals surface area contributed by atoms with E-state index in [9.17, 15) is 5.11 Å². The van der Waals surface area contributed by atoms with Crippen molar-refractivity contribution in [3.05, 3.63) is 22.2 Å². The van der Waals surface area contributed by atoms with Gasteiger partial charge >= 0.3 is 0 Å². The number of ether oxygens (including phenoxy) is 1. The molecule has 1 fully saturated rings. The van der Waals surface area contributed by atoms with Crippen LogP contribution in [-0.2, 0) is 0 Å². The van der Waals surface area contributed by atoms with E-state index in [0.29, 0.717) is 10.2 Å². The van der Waals surface area contributed by atoms with E-state index in [1.54, 1.807) is 13.2 Å². The van der Waals surface area contributed by atoms with E-state index in [-0.39, 0.29) is 6.04 Å². The highest BCUT2D eigenvalue weighted by atomic mass is 79.9. The van der Waals surface area contributed by atoms with Crippen molar-refractivity contribution >= 4 is 15.9 Å². The molecular weight excluding hydrogens is 258 g/mol. The number of hydrogen-bond acceptors (Lipinski definition) is 3. The van der Waals surface area contributed by atoms with Crippen molar-refractivity contribution in [3.8, 4) is 11.5 Å². The second-order valence-corrected chi connectivity index (χ2v) is 4.55. The number of nitrogens with one attached hydrogen (secondary N) is 1. The van der Waals surface area contributed by atoms with Crippen LogP contribution in [-0.4, -0.2) is 18.8 Å². The van der Waals surface area contributed by atoms with Gasteiger partial charge in [-0.3, -0.25) is 0 Å². The molecule has 1 unspecified atom stereocenters. The van der Waals surface area contributed by atoms with Crippen LogP contribution in [0.1, 0.15) is 24.4 Å². The maximum absolute atomic E-state index is 9.94. The molecule has 1 aliphatic rings. The minimum Gasteiger partial charge on any atom is -0.506 e. The molecule has 0 spiro atoms. The van der Waals surface area contributed by atoms with Gasteiger partial charge in [0, 0.05) is 11.6 Å². The molecule has 0 saturated carbocycles. The van der Waals surface area contributed by atoms with Crippen LogP contribution in [0.25, 0.3) is 0 Å². The normalized spacial score (nSPS) is 20.5. The van der Waals surface area contributed by atoms with Gasteiger partial charge in [0.15, 0.2) is 0 Å². The quantitative estimate of drug-likeness (QED) is 0.869. The lowest BCUT2D eigenvalue weighted by Crippen LogP contribution is -2.13. The number of rotatable bonds is 2. The number of benzene rings is 1. The van der Waals surface area contributed by atoms with Gasteiger partial charge in [-0.1, -0.05) is 0 Å². The van der Waals surface area contributed by atoms with Crippen LogP contribution in [0.3, 0.4) is 0 Å². The van der Waals surface area contributed by atoms with Crippen LogP contribution in [0, 0.1) is 0 Å². The summed E-state index contributed by atoms with van der Waals surface area (Å²) in [7, 11) is 1.63. The van der Waals surface area contributed by atoms with Gasteiger partial charge in [-0.25, -0.2) is 0 Å². The van der Waals surface area contributed by atoms with Gasteiger partial charge in [-0.2, -0.15) is 0 Å². The zero-order chi connectivity index (χ0) is 10.8. The molecule has 15 heavy (non-hydrogen) atoms. The zero-order valence-electron chi connectivity index (χ0n) is 8.59. The number of hydrogen-bond donors (Lipinski definition) is 2. The highest BCUT2D eigenvalue weighted by molar-refractivity contribution is 9.10. The molecule has 1 aromatic carbocycles. The van der Waals surface area contributed by atoms with E-state index in [0.717, 1.165) is 30.7 Å². The smallest absolute Gasteiger partial charge is 0.134 e. The maximum atomic E-state index is 9.94. The minimum absolute atomic E-state index is 0.247. The van der Waals surface area contributed by atoms with Crippen molar-refractivity contribution in [2.45, 2.75) is 18.9 Å². The number of halogens is 1. The summed E-state index contributed by atoms with van der Waals surface area (Å²) in [6.45, 7) is 1.01. The number of phenolic OH excluding ortho intramolecular Hbond substituents is 1. The van der Waals surface area contributed by atoms with Crippen molar-refractivity contribution in [1.82, 2.24) is 5.32 Å². The Labute approximate surface area is 97.6 Å². The lowest BCUT2D eigenvalue weighted by molar-refractivity contribution is 0.407. The number of aromatic hydroxyl groups is 1. The summed E-state index contributed by atoms with van der Waals surface area (Å²) in [6.07, 6.45) is 2.21. The highest BCUT2D eigenvalue weighted by Crippen LogP contribution is 2.38. The molecule has 0 aromatic heterocycles. The molecule has 2 N–H and O–H groups in total. The number of phenols is 1. The molecule has 1 atom stereocenters. The minimum atomic E-state index is 0.247. The molecule has 0 radical (unpaired) electrons. The van der Waals surface area contributed by atoms with Crippen molar-refractivity contribution in [3.63, 3.8) is 0 Å². The van der Waals surface area contributed by atoms with Crippen LogP contribution in [0.5, 0.6) is 11.5 Å². The Morgan fingerprint density at radius 3 is 2.93 bits per heavy atom. The molecule has 2 rings (SSSR count). The molecule has 1 heterocycles. The third kappa shape index (κ3) is 2.11. The molecule has 1 aliphatic heterocycles. The largest absolute Gasteiger partial charge is 0.506 e. The summed E-state index contributed by atoms with van der Waals surface area (Å²) in [5.41, 5.74) is 0.915. The molecule has 0 amide bonds. The Hall–Kier alpha value is -0.740. The lowest BCUT2D eigenvalue weighted by Gasteiger charge is -2.15. The van der Waals surface area contributed by atoms with Gasteiger partial charge in [0.2, 0.25) is 0 Å². The first-order chi connectivity index (χ1) is 7.22. The third-order valence-corrected chi connectivity index (χ3v) is 3.34. The molecule has 3 nitrogen and oxygen atoms in total. The predicted octanol–water partition coefficient (Wildman–Crippen LogP) is 2.59. The van der Waals surface area contributed by atoms with Crippen LogP contribution in [0.15, 0.2) is 16.6 Å². The first-order valence-electron chi connectivity index (χ1n) is 5.02. The van der Waals surface area contributed by atoms with E-state index in [2.05, 4.69) is 21.2 Å². The Kier molecular flexibility index (Phi) is 3.17. The first kappa shape index (κ1) is 10.8. The molecular formula is C11H14BrNO2. The van der Waals surface area contributed by atoms with Crippen LogP contribution in [0.4, 0.5) is 0 Å². The highest BCUT2D eigenvalue weighted by Gasteiger charge is 2.21. The first-order valence-corrected chi connectivity index (χ1v) is 5.81. The van der Waals surface area contributed by atoms with Crippen LogP contribution < -0.4 is 10.1 Å². The van der Waals surface area contributed by atoms with E-state index < -0.39 is 0 Å². The van der Waals surface area contributed by atoms with Crippen LogP contribution in [0.2, 0.25) is 0 Å². The molecule has 82 valence electrons. The fraction of sp³-hybridized carbons (Fsp3) is 0.455. The van der Waals surface area contributed by atoms with E-state index in [1.165, 1.54) is 0 Å². The topological polar surface area (TPSA) is 41.5 Å². The average Bonchev–Trinajstić information content (AvgIpc) is 2.75.